The summed E-state index contributed by atoms with van der Waals surface area (Å²) >= 11 is 0. The number of hydrogen-bond acceptors (Lipinski definition) is 6. The SMILES string of the molecule is CNc1nc(N[C@@H](C)c2ccccc2)c2ccn(S(=O)(=O)c3ccc(C)cc3)c2n1. The normalized spacial score (nSPS) is 12.6. The molecular weight excluding hydrogens is 398 g/mol. The maximum atomic E-state index is 13.2. The summed E-state index contributed by atoms with van der Waals surface area (Å²) in [7, 11) is -2.09. The smallest absolute Gasteiger partial charge is 0.269 e. The van der Waals surface area contributed by atoms with Gasteiger partial charge in [-0.15, -0.1) is 0 Å². The molecule has 2 aromatic carbocycles. The summed E-state index contributed by atoms with van der Waals surface area (Å²) < 4.78 is 27.7. The third kappa shape index (κ3) is 3.61. The van der Waals surface area contributed by atoms with Gasteiger partial charge >= 0.3 is 0 Å². The van der Waals surface area contributed by atoms with Crippen LogP contribution >= 0.6 is 0 Å². The molecule has 2 heterocycles. The van der Waals surface area contributed by atoms with Crippen LogP contribution in [0.4, 0.5) is 11.8 Å². The van der Waals surface area contributed by atoms with Gasteiger partial charge in [-0.3, -0.25) is 0 Å². The van der Waals surface area contributed by atoms with Crippen LogP contribution in [0.5, 0.6) is 0 Å². The average Bonchev–Trinajstić information content (AvgIpc) is 3.19. The first-order valence-electron chi connectivity index (χ1n) is 9.61. The van der Waals surface area contributed by atoms with Gasteiger partial charge in [0, 0.05) is 19.3 Å². The average molecular weight is 422 g/mol. The number of anilines is 2. The van der Waals surface area contributed by atoms with Crippen LogP contribution in [-0.2, 0) is 10.0 Å². The minimum Gasteiger partial charge on any atom is -0.363 e. The first-order chi connectivity index (χ1) is 14.4. The van der Waals surface area contributed by atoms with Gasteiger partial charge in [0.15, 0.2) is 5.65 Å². The number of nitrogens with zero attached hydrogens (tertiary/aromatic N) is 3. The maximum absolute atomic E-state index is 13.2. The number of fused-ring (bicyclic) bond motifs is 1. The van der Waals surface area contributed by atoms with Crippen LogP contribution in [0.25, 0.3) is 11.0 Å². The molecule has 4 aromatic rings. The van der Waals surface area contributed by atoms with Crippen molar-refractivity contribution in [3.8, 4) is 0 Å². The minimum absolute atomic E-state index is 0.0222. The van der Waals surface area contributed by atoms with Crippen LogP contribution in [0.3, 0.4) is 0 Å². The first kappa shape index (κ1) is 19.9. The fourth-order valence-corrected chi connectivity index (χ4v) is 4.56. The zero-order chi connectivity index (χ0) is 21.3. The lowest BCUT2D eigenvalue weighted by Crippen LogP contribution is -2.14. The summed E-state index contributed by atoms with van der Waals surface area (Å²) in [5, 5.41) is 6.94. The Morgan fingerprint density at radius 1 is 0.967 bits per heavy atom. The molecule has 0 radical (unpaired) electrons. The van der Waals surface area contributed by atoms with Gasteiger partial charge in [0.1, 0.15) is 5.82 Å². The third-order valence-electron chi connectivity index (χ3n) is 4.97. The number of rotatable bonds is 6. The molecule has 7 nitrogen and oxygen atoms in total. The van der Waals surface area contributed by atoms with Crippen LogP contribution in [0, 0.1) is 6.92 Å². The van der Waals surface area contributed by atoms with Gasteiger partial charge in [-0.1, -0.05) is 48.0 Å². The lowest BCUT2D eigenvalue weighted by atomic mass is 10.1. The highest BCUT2D eigenvalue weighted by atomic mass is 32.2. The van der Waals surface area contributed by atoms with Gasteiger partial charge in [-0.05, 0) is 37.6 Å². The molecule has 0 saturated carbocycles. The highest BCUT2D eigenvalue weighted by Crippen LogP contribution is 2.29. The van der Waals surface area contributed by atoms with Gasteiger partial charge < -0.3 is 10.6 Å². The summed E-state index contributed by atoms with van der Waals surface area (Å²) in [6, 6.07) is 18.5. The molecule has 0 aliphatic carbocycles. The van der Waals surface area contributed by atoms with E-state index in [0.29, 0.717) is 22.8 Å². The summed E-state index contributed by atoms with van der Waals surface area (Å²) in [6.07, 6.45) is 1.52. The van der Waals surface area contributed by atoms with Gasteiger partial charge in [-0.25, -0.2) is 12.4 Å². The molecule has 0 saturated heterocycles. The predicted octanol–water partition coefficient (Wildman–Crippen LogP) is 4.19. The van der Waals surface area contributed by atoms with E-state index in [1.54, 1.807) is 37.4 Å². The monoisotopic (exact) mass is 421 g/mol. The van der Waals surface area contributed by atoms with Crippen molar-refractivity contribution in [2.45, 2.75) is 24.8 Å². The molecular formula is C22H23N5O2S. The maximum Gasteiger partial charge on any atom is 0.269 e. The Bertz CT molecular complexity index is 1280. The quantitative estimate of drug-likeness (QED) is 0.485. The Hall–Kier alpha value is -3.39. The van der Waals surface area contributed by atoms with Crippen molar-refractivity contribution < 1.29 is 8.42 Å². The summed E-state index contributed by atoms with van der Waals surface area (Å²) in [5.41, 5.74) is 2.41. The lowest BCUT2D eigenvalue weighted by Gasteiger charge is -2.16. The van der Waals surface area contributed by atoms with E-state index in [9.17, 15) is 8.42 Å². The van der Waals surface area contributed by atoms with Gasteiger partial charge in [-0.2, -0.15) is 9.97 Å². The molecule has 0 bridgehead atoms. The Kier molecular flexibility index (Phi) is 5.17. The fourth-order valence-electron chi connectivity index (χ4n) is 3.26. The minimum atomic E-state index is -3.79. The number of aryl methyl sites for hydroxylation is 1. The molecule has 2 N–H and O–H groups in total. The van der Waals surface area contributed by atoms with Gasteiger partial charge in [0.05, 0.1) is 10.3 Å². The van der Waals surface area contributed by atoms with Crippen LogP contribution in [0.15, 0.2) is 71.8 Å². The van der Waals surface area contributed by atoms with Crippen molar-refractivity contribution in [2.24, 2.45) is 0 Å². The fraction of sp³-hybridized carbons (Fsp3) is 0.182. The summed E-state index contributed by atoms with van der Waals surface area (Å²) in [5.74, 6) is 0.905. The molecule has 8 heteroatoms. The van der Waals surface area contributed by atoms with E-state index in [1.165, 1.54) is 10.2 Å². The molecule has 0 aliphatic rings. The van der Waals surface area contributed by atoms with Gasteiger partial charge in [0.25, 0.3) is 10.0 Å². The summed E-state index contributed by atoms with van der Waals surface area (Å²) in [6.45, 7) is 3.95. The van der Waals surface area contributed by atoms with E-state index in [0.717, 1.165) is 11.1 Å². The third-order valence-corrected chi connectivity index (χ3v) is 6.65. The van der Waals surface area contributed by atoms with Crippen LogP contribution in [0.1, 0.15) is 24.1 Å². The molecule has 0 amide bonds. The van der Waals surface area contributed by atoms with Crippen molar-refractivity contribution in [3.63, 3.8) is 0 Å². The first-order valence-corrected chi connectivity index (χ1v) is 11.0. The Labute approximate surface area is 175 Å². The van der Waals surface area contributed by atoms with E-state index in [1.807, 2.05) is 44.2 Å². The van der Waals surface area contributed by atoms with Crippen molar-refractivity contribution >= 4 is 32.8 Å². The molecule has 154 valence electrons. The van der Waals surface area contributed by atoms with E-state index >= 15 is 0 Å². The standard InChI is InChI=1S/C22H23N5O2S/c1-15-9-11-18(12-10-15)30(28,29)27-14-13-19-20(25-22(23-3)26-21(19)27)24-16(2)17-7-5-4-6-8-17/h4-14,16H,1-3H3,(H2,23,24,25,26)/t16-/m0/s1. The number of aromatic nitrogens is 3. The van der Waals surface area contributed by atoms with Crippen molar-refractivity contribution in [2.75, 3.05) is 17.7 Å². The second kappa shape index (κ2) is 7.79. The van der Waals surface area contributed by atoms with Crippen LogP contribution < -0.4 is 10.6 Å². The number of hydrogen-bond donors (Lipinski definition) is 2. The van der Waals surface area contributed by atoms with Gasteiger partial charge in [0.2, 0.25) is 5.95 Å². The molecule has 1 atom stereocenters. The second-order valence-electron chi connectivity index (χ2n) is 7.09. The van der Waals surface area contributed by atoms with Crippen LogP contribution in [0.2, 0.25) is 0 Å². The van der Waals surface area contributed by atoms with Crippen molar-refractivity contribution in [3.05, 3.63) is 78.0 Å². The Balaban J connectivity index is 1.81. The topological polar surface area (TPSA) is 88.9 Å². The zero-order valence-corrected chi connectivity index (χ0v) is 17.8. The molecule has 0 unspecified atom stereocenters. The van der Waals surface area contributed by atoms with E-state index in [4.69, 9.17) is 0 Å². The Morgan fingerprint density at radius 3 is 2.33 bits per heavy atom. The molecule has 0 fully saturated rings. The summed E-state index contributed by atoms with van der Waals surface area (Å²) in [4.78, 5) is 9.16. The zero-order valence-electron chi connectivity index (χ0n) is 17.0. The highest BCUT2D eigenvalue weighted by molar-refractivity contribution is 7.90. The van der Waals surface area contributed by atoms with Crippen LogP contribution in [-0.4, -0.2) is 29.4 Å². The van der Waals surface area contributed by atoms with E-state index in [2.05, 4.69) is 20.6 Å². The predicted molar refractivity (Wildman–Crippen MR) is 119 cm³/mol. The number of benzene rings is 2. The molecule has 4 rings (SSSR count). The lowest BCUT2D eigenvalue weighted by molar-refractivity contribution is 0.589. The molecule has 0 spiro atoms. The Morgan fingerprint density at radius 2 is 1.67 bits per heavy atom. The van der Waals surface area contributed by atoms with E-state index in [-0.39, 0.29) is 10.9 Å². The number of nitrogens with one attached hydrogen (secondary N) is 2. The van der Waals surface area contributed by atoms with E-state index < -0.39 is 10.0 Å². The molecule has 30 heavy (non-hydrogen) atoms. The van der Waals surface area contributed by atoms with Crippen molar-refractivity contribution in [1.82, 2.24) is 13.9 Å². The molecule has 0 aliphatic heterocycles. The van der Waals surface area contributed by atoms with Crippen molar-refractivity contribution in [1.29, 1.82) is 0 Å². The molecule has 2 aromatic heterocycles. The second-order valence-corrected chi connectivity index (χ2v) is 8.90. The highest BCUT2D eigenvalue weighted by Gasteiger charge is 2.22. The largest absolute Gasteiger partial charge is 0.363 e.